The molecule has 2 aliphatic rings. The molecule has 2 aromatic carbocycles. The summed E-state index contributed by atoms with van der Waals surface area (Å²) in [6.07, 6.45) is 6.06. The predicted octanol–water partition coefficient (Wildman–Crippen LogP) is 4.38. The van der Waals surface area contributed by atoms with Gasteiger partial charge in [-0.15, -0.1) is 0 Å². The lowest BCUT2D eigenvalue weighted by Gasteiger charge is -2.45. The van der Waals surface area contributed by atoms with Crippen molar-refractivity contribution < 1.29 is 18.0 Å². The van der Waals surface area contributed by atoms with Crippen LogP contribution in [0.25, 0.3) is 16.9 Å². The molecule has 1 amide bonds. The summed E-state index contributed by atoms with van der Waals surface area (Å²) in [7, 11) is 1.70. The van der Waals surface area contributed by atoms with Crippen LogP contribution >= 0.6 is 0 Å². The Kier molecular flexibility index (Phi) is 4.98. The number of nitrogens with zero attached hydrogens (tertiary/aromatic N) is 6. The van der Waals surface area contributed by atoms with Gasteiger partial charge < -0.3 is 4.90 Å². The second kappa shape index (κ2) is 8.07. The average Bonchev–Trinajstić information content (AvgIpc) is 3.49. The molecule has 0 aliphatic carbocycles. The van der Waals surface area contributed by atoms with Crippen molar-refractivity contribution in [2.45, 2.75) is 37.8 Å². The lowest BCUT2D eigenvalue weighted by atomic mass is 9.81. The molecule has 6 rings (SSSR count). The van der Waals surface area contributed by atoms with Crippen LogP contribution in [0.5, 0.6) is 0 Å². The molecule has 2 aromatic heterocycles. The number of halogens is 3. The van der Waals surface area contributed by atoms with Crippen molar-refractivity contribution in [3.63, 3.8) is 0 Å². The van der Waals surface area contributed by atoms with Gasteiger partial charge in [-0.1, -0.05) is 12.1 Å². The summed E-state index contributed by atoms with van der Waals surface area (Å²) >= 11 is 0. The van der Waals surface area contributed by atoms with E-state index in [0.717, 1.165) is 37.0 Å². The van der Waals surface area contributed by atoms with E-state index in [1.807, 2.05) is 17.0 Å². The maximum atomic E-state index is 14.0. The van der Waals surface area contributed by atoms with Crippen LogP contribution in [0.4, 0.5) is 13.2 Å². The topological polar surface area (TPSA) is 68.8 Å². The molecule has 2 atom stereocenters. The Balaban J connectivity index is 1.44. The largest absolute Gasteiger partial charge is 0.327 e. The molecular weight excluding hydrogens is 457 g/mol. The van der Waals surface area contributed by atoms with Crippen LogP contribution in [0.2, 0.25) is 0 Å². The Labute approximate surface area is 198 Å². The number of benzene rings is 2. The molecule has 10 heteroatoms. The summed E-state index contributed by atoms with van der Waals surface area (Å²) in [4.78, 5) is 17.2. The first-order valence-corrected chi connectivity index (χ1v) is 11.4. The third-order valence-corrected chi connectivity index (χ3v) is 6.94. The first-order chi connectivity index (χ1) is 16.9. The molecule has 2 bridgehead atoms. The highest BCUT2D eigenvalue weighted by Gasteiger charge is 2.44. The fourth-order valence-corrected chi connectivity index (χ4v) is 5.51. The first kappa shape index (κ1) is 21.6. The van der Waals surface area contributed by atoms with Crippen molar-refractivity contribution in [1.29, 1.82) is 0 Å². The molecular formula is C25H21F3N6O. The zero-order chi connectivity index (χ0) is 24.3. The van der Waals surface area contributed by atoms with Gasteiger partial charge in [0, 0.05) is 24.2 Å². The maximum absolute atomic E-state index is 14.0. The summed E-state index contributed by atoms with van der Waals surface area (Å²) in [5, 5.41) is 13.0. The number of amides is 1. The van der Waals surface area contributed by atoms with Crippen molar-refractivity contribution >= 4 is 5.91 Å². The van der Waals surface area contributed by atoms with Crippen molar-refractivity contribution in [2.24, 2.45) is 7.05 Å². The molecule has 0 spiro atoms. The molecule has 0 saturated carbocycles. The summed E-state index contributed by atoms with van der Waals surface area (Å²) in [6, 6.07) is 8.81. The van der Waals surface area contributed by atoms with Gasteiger partial charge in [-0.25, -0.2) is 13.2 Å². The molecule has 0 radical (unpaired) electrons. The van der Waals surface area contributed by atoms with E-state index < -0.39 is 17.5 Å². The molecule has 7 nitrogen and oxygen atoms in total. The molecule has 4 heterocycles. The van der Waals surface area contributed by atoms with Gasteiger partial charge in [0.15, 0.2) is 17.5 Å². The van der Waals surface area contributed by atoms with Crippen LogP contribution in [0.3, 0.4) is 0 Å². The summed E-state index contributed by atoms with van der Waals surface area (Å²) in [5.41, 5.74) is 3.41. The number of para-hydroxylation sites is 1. The number of carbonyl (C=O) groups excluding carboxylic acids is 1. The van der Waals surface area contributed by atoms with Gasteiger partial charge in [-0.2, -0.15) is 20.1 Å². The monoisotopic (exact) mass is 478 g/mol. The second-order valence-corrected chi connectivity index (χ2v) is 8.94. The molecule has 4 aromatic rings. The van der Waals surface area contributed by atoms with E-state index in [0.29, 0.717) is 29.1 Å². The smallest absolute Gasteiger partial charge is 0.256 e. The van der Waals surface area contributed by atoms with Gasteiger partial charge in [-0.05, 0) is 49.9 Å². The van der Waals surface area contributed by atoms with E-state index in [2.05, 4.69) is 15.3 Å². The number of hydrogen-bond acceptors (Lipinski definition) is 4. The highest BCUT2D eigenvalue weighted by molar-refractivity contribution is 5.98. The van der Waals surface area contributed by atoms with Crippen LogP contribution in [-0.4, -0.2) is 41.6 Å². The van der Waals surface area contributed by atoms with Gasteiger partial charge in [0.2, 0.25) is 0 Å². The van der Waals surface area contributed by atoms with E-state index in [-0.39, 0.29) is 23.6 Å². The number of piperidine rings is 1. The van der Waals surface area contributed by atoms with Gasteiger partial charge in [0.1, 0.15) is 0 Å². The molecule has 35 heavy (non-hydrogen) atoms. The van der Waals surface area contributed by atoms with Crippen molar-refractivity contribution in [3.05, 3.63) is 83.1 Å². The number of hydrogen-bond donors (Lipinski definition) is 0. The van der Waals surface area contributed by atoms with E-state index in [1.54, 1.807) is 36.3 Å². The van der Waals surface area contributed by atoms with Crippen LogP contribution in [0, 0.1) is 17.5 Å². The second-order valence-electron chi connectivity index (χ2n) is 8.94. The minimum absolute atomic E-state index is 0.106. The Morgan fingerprint density at radius 3 is 2.49 bits per heavy atom. The minimum Gasteiger partial charge on any atom is -0.327 e. The van der Waals surface area contributed by atoms with E-state index >= 15 is 0 Å². The molecule has 1 saturated heterocycles. The first-order valence-electron chi connectivity index (χ1n) is 11.4. The highest BCUT2D eigenvalue weighted by Crippen LogP contribution is 2.45. The average molecular weight is 478 g/mol. The van der Waals surface area contributed by atoms with Crippen LogP contribution in [0.15, 0.2) is 48.8 Å². The predicted molar refractivity (Wildman–Crippen MR) is 120 cm³/mol. The van der Waals surface area contributed by atoms with Gasteiger partial charge >= 0.3 is 0 Å². The summed E-state index contributed by atoms with van der Waals surface area (Å²) in [5.74, 6) is -4.12. The Morgan fingerprint density at radius 1 is 1.03 bits per heavy atom. The quantitative estimate of drug-likeness (QED) is 0.410. The maximum Gasteiger partial charge on any atom is 0.256 e. The SMILES string of the molecule is Cn1nc2c(c1-c1cc(F)c(F)c(F)c1)CC1CCCC2N1C(=O)c1ccccc1-n1nccn1. The minimum atomic E-state index is -1.50. The molecule has 2 aliphatic heterocycles. The fourth-order valence-electron chi connectivity index (χ4n) is 5.51. The van der Waals surface area contributed by atoms with E-state index in [1.165, 1.54) is 4.80 Å². The van der Waals surface area contributed by atoms with Gasteiger partial charge in [0.05, 0.1) is 41.1 Å². The Bertz CT molecular complexity index is 1420. The van der Waals surface area contributed by atoms with Crippen LogP contribution in [-0.2, 0) is 13.5 Å². The number of fused-ring (bicyclic) bond motifs is 4. The lowest BCUT2D eigenvalue weighted by molar-refractivity contribution is 0.0391. The molecule has 2 unspecified atom stereocenters. The molecule has 0 N–H and O–H groups in total. The van der Waals surface area contributed by atoms with Crippen molar-refractivity contribution in [2.75, 3.05) is 0 Å². The Hall–Kier alpha value is -3.95. The lowest BCUT2D eigenvalue weighted by Crippen LogP contribution is -2.50. The number of aryl methyl sites for hydroxylation is 1. The van der Waals surface area contributed by atoms with Crippen LogP contribution < -0.4 is 0 Å². The number of carbonyl (C=O) groups is 1. The molecule has 1 fully saturated rings. The fraction of sp³-hybridized carbons (Fsp3) is 0.280. The standard InChI is InChI=1S/C25H21F3N6O/c1-32-24(14-11-18(26)22(28)19(27)12-14)17-13-15-5-4-8-21(23(17)31-32)33(15)25(35)16-6-2-3-7-20(16)34-29-9-10-30-34/h2-3,6-7,9-12,15,21H,4-5,8,13H2,1H3. The van der Waals surface area contributed by atoms with E-state index in [4.69, 9.17) is 0 Å². The van der Waals surface area contributed by atoms with Gasteiger partial charge in [0.25, 0.3) is 5.91 Å². The third kappa shape index (κ3) is 3.35. The van der Waals surface area contributed by atoms with Crippen LogP contribution in [0.1, 0.15) is 46.9 Å². The zero-order valence-electron chi connectivity index (χ0n) is 18.8. The Morgan fingerprint density at radius 2 is 1.74 bits per heavy atom. The highest BCUT2D eigenvalue weighted by atomic mass is 19.2. The van der Waals surface area contributed by atoms with E-state index in [9.17, 15) is 18.0 Å². The molecule has 178 valence electrons. The number of aromatic nitrogens is 5. The summed E-state index contributed by atoms with van der Waals surface area (Å²) in [6.45, 7) is 0. The third-order valence-electron chi connectivity index (χ3n) is 6.94. The normalized spacial score (nSPS) is 19.0. The summed E-state index contributed by atoms with van der Waals surface area (Å²) < 4.78 is 43.2. The van der Waals surface area contributed by atoms with Crippen molar-refractivity contribution in [3.8, 4) is 16.9 Å². The van der Waals surface area contributed by atoms with Gasteiger partial charge in [-0.3, -0.25) is 9.48 Å². The zero-order valence-corrected chi connectivity index (χ0v) is 18.8. The number of rotatable bonds is 3. The van der Waals surface area contributed by atoms with Crippen molar-refractivity contribution in [1.82, 2.24) is 29.7 Å².